The van der Waals surface area contributed by atoms with Gasteiger partial charge in [-0.3, -0.25) is 9.59 Å². The van der Waals surface area contributed by atoms with E-state index < -0.39 is 0 Å². The summed E-state index contributed by atoms with van der Waals surface area (Å²) in [5.74, 6) is 0.0656. The minimum Gasteiger partial charge on any atom is -0.361 e. The maximum atomic E-state index is 12.6. The number of aryl methyl sites for hydroxylation is 1. The van der Waals surface area contributed by atoms with E-state index in [1.54, 1.807) is 17.9 Å². The monoisotopic (exact) mass is 361 g/mol. The zero-order valence-corrected chi connectivity index (χ0v) is 14.9. The number of hydrogen-bond donors (Lipinski definition) is 1. The second-order valence-electron chi connectivity index (χ2n) is 6.63. The van der Waals surface area contributed by atoms with E-state index in [9.17, 15) is 9.59 Å². The Labute approximate surface area is 156 Å². The number of nitrogens with one attached hydrogen (secondary N) is 1. The van der Waals surface area contributed by atoms with Crippen LogP contribution in [0.4, 0.5) is 5.69 Å². The lowest BCUT2D eigenvalue weighted by atomic mass is 9.97. The Bertz CT molecular complexity index is 975. The number of hydrogen-bond acceptors (Lipinski definition) is 4. The Balaban J connectivity index is 1.41. The molecule has 2 amide bonds. The molecule has 27 heavy (non-hydrogen) atoms. The summed E-state index contributed by atoms with van der Waals surface area (Å²) < 4.78 is 4.94. The minimum absolute atomic E-state index is 0.0845. The fraction of sp³-hybridized carbons (Fsp3) is 0.190. The average molecular weight is 361 g/mol. The zero-order chi connectivity index (χ0) is 18.8. The molecule has 0 spiro atoms. The molecule has 0 unspecified atom stereocenters. The van der Waals surface area contributed by atoms with Gasteiger partial charge in [-0.15, -0.1) is 0 Å². The Morgan fingerprint density at radius 1 is 1.07 bits per heavy atom. The molecule has 1 fully saturated rings. The highest BCUT2D eigenvalue weighted by Gasteiger charge is 2.37. The summed E-state index contributed by atoms with van der Waals surface area (Å²) in [6, 6.07) is 19.2. The number of para-hydroxylation sites is 1. The number of amides is 2. The van der Waals surface area contributed by atoms with Crippen LogP contribution in [-0.4, -0.2) is 35.0 Å². The number of anilines is 1. The van der Waals surface area contributed by atoms with Gasteiger partial charge in [0.2, 0.25) is 5.91 Å². The van der Waals surface area contributed by atoms with Crippen molar-refractivity contribution in [1.82, 2.24) is 10.1 Å². The number of rotatable bonds is 4. The highest BCUT2D eigenvalue weighted by atomic mass is 16.5. The van der Waals surface area contributed by atoms with E-state index in [-0.39, 0.29) is 23.4 Å². The van der Waals surface area contributed by atoms with Crippen molar-refractivity contribution in [3.63, 3.8) is 0 Å². The predicted octanol–water partition coefficient (Wildman–Crippen LogP) is 3.36. The van der Waals surface area contributed by atoms with Gasteiger partial charge < -0.3 is 14.7 Å². The van der Waals surface area contributed by atoms with E-state index in [0.717, 1.165) is 16.8 Å². The van der Waals surface area contributed by atoms with Gasteiger partial charge in [-0.25, -0.2) is 0 Å². The van der Waals surface area contributed by atoms with E-state index in [4.69, 9.17) is 4.52 Å². The van der Waals surface area contributed by atoms with Gasteiger partial charge in [-0.2, -0.15) is 0 Å². The lowest BCUT2D eigenvalue weighted by Crippen LogP contribution is -2.54. The second kappa shape index (κ2) is 7.07. The normalized spacial score (nSPS) is 13.9. The highest BCUT2D eigenvalue weighted by molar-refractivity contribution is 5.99. The fourth-order valence-electron chi connectivity index (χ4n) is 3.14. The first-order valence-electron chi connectivity index (χ1n) is 8.80. The van der Waals surface area contributed by atoms with Crippen molar-refractivity contribution in [2.24, 2.45) is 5.92 Å². The van der Waals surface area contributed by atoms with Crippen LogP contribution in [0.3, 0.4) is 0 Å². The van der Waals surface area contributed by atoms with Crippen LogP contribution in [0, 0.1) is 12.8 Å². The maximum absolute atomic E-state index is 12.6. The molecule has 6 nitrogen and oxygen atoms in total. The molecule has 0 atom stereocenters. The third-order valence-electron chi connectivity index (χ3n) is 4.66. The molecule has 3 aromatic rings. The summed E-state index contributed by atoms with van der Waals surface area (Å²) in [7, 11) is 0. The molecule has 0 aliphatic carbocycles. The Hall–Kier alpha value is -3.41. The molecule has 1 saturated heterocycles. The topological polar surface area (TPSA) is 75.4 Å². The van der Waals surface area contributed by atoms with Gasteiger partial charge in [0.15, 0.2) is 5.69 Å². The van der Waals surface area contributed by atoms with Crippen LogP contribution >= 0.6 is 0 Å². The number of nitrogens with zero attached hydrogens (tertiary/aromatic N) is 2. The molecular weight excluding hydrogens is 342 g/mol. The van der Waals surface area contributed by atoms with Gasteiger partial charge in [0.25, 0.3) is 5.91 Å². The van der Waals surface area contributed by atoms with E-state index in [1.165, 1.54) is 0 Å². The van der Waals surface area contributed by atoms with Crippen LogP contribution in [0.5, 0.6) is 0 Å². The predicted molar refractivity (Wildman–Crippen MR) is 101 cm³/mol. The molecule has 0 saturated carbocycles. The highest BCUT2D eigenvalue weighted by Crippen LogP contribution is 2.29. The molecule has 2 aromatic carbocycles. The van der Waals surface area contributed by atoms with Gasteiger partial charge in [0.1, 0.15) is 5.76 Å². The number of benzene rings is 2. The molecule has 2 heterocycles. The summed E-state index contributed by atoms with van der Waals surface area (Å²) in [6.07, 6.45) is 0. The van der Waals surface area contributed by atoms with Gasteiger partial charge >= 0.3 is 0 Å². The molecular formula is C21H19N3O3. The van der Waals surface area contributed by atoms with Crippen molar-refractivity contribution in [3.05, 3.63) is 72.1 Å². The summed E-state index contributed by atoms with van der Waals surface area (Å²) in [5.41, 5.74) is 3.06. The van der Waals surface area contributed by atoms with Crippen molar-refractivity contribution < 1.29 is 14.1 Å². The molecule has 1 aliphatic rings. The molecule has 4 rings (SSSR count). The van der Waals surface area contributed by atoms with Crippen LogP contribution in [0.1, 0.15) is 16.2 Å². The van der Waals surface area contributed by atoms with Gasteiger partial charge in [0, 0.05) is 30.4 Å². The van der Waals surface area contributed by atoms with E-state index in [1.807, 2.05) is 54.6 Å². The van der Waals surface area contributed by atoms with Crippen LogP contribution < -0.4 is 5.32 Å². The van der Waals surface area contributed by atoms with Crippen LogP contribution in [0.25, 0.3) is 11.1 Å². The van der Waals surface area contributed by atoms with Crippen molar-refractivity contribution in [3.8, 4) is 11.1 Å². The zero-order valence-electron chi connectivity index (χ0n) is 14.9. The Kier molecular flexibility index (Phi) is 4.46. The summed E-state index contributed by atoms with van der Waals surface area (Å²) in [4.78, 5) is 26.5. The lowest BCUT2D eigenvalue weighted by molar-refractivity contribution is -0.123. The smallest absolute Gasteiger partial charge is 0.276 e. The van der Waals surface area contributed by atoms with Crippen LogP contribution in [0.2, 0.25) is 0 Å². The standard InChI is InChI=1S/C21H19N3O3/c1-14-11-19(23-27-14)21(26)24-12-16(13-24)20(25)22-18-10-6-5-9-17(18)15-7-3-2-4-8-15/h2-11,16H,12-13H2,1H3,(H,22,25). The van der Waals surface area contributed by atoms with Crippen molar-refractivity contribution in [1.29, 1.82) is 0 Å². The summed E-state index contributed by atoms with van der Waals surface area (Å²) >= 11 is 0. The second-order valence-corrected chi connectivity index (χ2v) is 6.63. The first-order valence-corrected chi connectivity index (χ1v) is 8.80. The summed E-state index contributed by atoms with van der Waals surface area (Å²) in [5, 5.41) is 6.74. The van der Waals surface area contributed by atoms with Gasteiger partial charge in [0.05, 0.1) is 5.92 Å². The quantitative estimate of drug-likeness (QED) is 0.773. The number of carbonyl (C=O) groups excluding carboxylic acids is 2. The van der Waals surface area contributed by atoms with Gasteiger partial charge in [-0.05, 0) is 18.6 Å². The lowest BCUT2D eigenvalue weighted by Gasteiger charge is -2.37. The minimum atomic E-state index is -0.231. The van der Waals surface area contributed by atoms with E-state index in [2.05, 4.69) is 10.5 Å². The van der Waals surface area contributed by atoms with E-state index in [0.29, 0.717) is 18.8 Å². The van der Waals surface area contributed by atoms with Crippen molar-refractivity contribution >= 4 is 17.5 Å². The largest absolute Gasteiger partial charge is 0.361 e. The number of aromatic nitrogens is 1. The Morgan fingerprint density at radius 3 is 2.48 bits per heavy atom. The summed E-state index contributed by atoms with van der Waals surface area (Å²) in [6.45, 7) is 2.49. The SMILES string of the molecule is Cc1cc(C(=O)N2CC(C(=O)Nc3ccccc3-c3ccccc3)C2)no1. The van der Waals surface area contributed by atoms with Crippen molar-refractivity contribution in [2.45, 2.75) is 6.92 Å². The maximum Gasteiger partial charge on any atom is 0.276 e. The van der Waals surface area contributed by atoms with Crippen molar-refractivity contribution in [2.75, 3.05) is 18.4 Å². The third-order valence-corrected chi connectivity index (χ3v) is 4.66. The molecule has 1 N–H and O–H groups in total. The molecule has 1 aromatic heterocycles. The molecule has 6 heteroatoms. The van der Waals surface area contributed by atoms with Crippen LogP contribution in [0.15, 0.2) is 65.2 Å². The first kappa shape index (κ1) is 17.0. The van der Waals surface area contributed by atoms with E-state index >= 15 is 0 Å². The molecule has 0 radical (unpaired) electrons. The first-order chi connectivity index (χ1) is 13.1. The fourth-order valence-corrected chi connectivity index (χ4v) is 3.14. The average Bonchev–Trinajstić information content (AvgIpc) is 3.08. The molecule has 1 aliphatic heterocycles. The van der Waals surface area contributed by atoms with Crippen LogP contribution in [-0.2, 0) is 4.79 Å². The van der Waals surface area contributed by atoms with Gasteiger partial charge in [-0.1, -0.05) is 53.7 Å². The molecule has 136 valence electrons. The third kappa shape index (κ3) is 3.46. The molecule has 0 bridgehead atoms. The Morgan fingerprint density at radius 2 is 1.78 bits per heavy atom. The number of carbonyl (C=O) groups is 2. The number of likely N-dealkylation sites (tertiary alicyclic amines) is 1.